The smallest absolute Gasteiger partial charge is 0.254 e. The van der Waals surface area contributed by atoms with Crippen LogP contribution in [0.15, 0.2) is 48.7 Å². The average molecular weight is 352 g/mol. The Hall–Kier alpha value is -2.24. The standard InChI is InChI=1S/C21H24N2O3/c1-16-5-4-6-17(11-16)20(24)23-14-21(15-23)12-19(8-10-26-21)25-13-18-7-2-3-9-22-18/h2-7,9,11,19H,8,10,12-15H2,1H3/t19-/m1/s1. The highest BCUT2D eigenvalue weighted by atomic mass is 16.5. The number of nitrogens with zero attached hydrogens (tertiary/aromatic N) is 2. The summed E-state index contributed by atoms with van der Waals surface area (Å²) < 4.78 is 12.1. The molecule has 5 nitrogen and oxygen atoms in total. The third kappa shape index (κ3) is 3.64. The number of aromatic nitrogens is 1. The van der Waals surface area contributed by atoms with Crippen molar-refractivity contribution in [2.75, 3.05) is 19.7 Å². The van der Waals surface area contributed by atoms with Crippen LogP contribution in [0.4, 0.5) is 0 Å². The van der Waals surface area contributed by atoms with Crippen LogP contribution in [0.5, 0.6) is 0 Å². The van der Waals surface area contributed by atoms with Crippen LogP contribution in [-0.2, 0) is 16.1 Å². The molecule has 1 aromatic carbocycles. The van der Waals surface area contributed by atoms with E-state index >= 15 is 0 Å². The molecule has 5 heteroatoms. The number of hydrogen-bond donors (Lipinski definition) is 0. The van der Waals surface area contributed by atoms with Crippen LogP contribution in [0.2, 0.25) is 0 Å². The molecule has 0 unspecified atom stereocenters. The predicted octanol–water partition coefficient (Wildman–Crippen LogP) is 2.98. The molecule has 2 aliphatic rings. The van der Waals surface area contributed by atoms with Gasteiger partial charge in [0.2, 0.25) is 0 Å². The summed E-state index contributed by atoms with van der Waals surface area (Å²) in [6.45, 7) is 4.49. The molecular weight excluding hydrogens is 328 g/mol. The zero-order valence-electron chi connectivity index (χ0n) is 15.1. The van der Waals surface area contributed by atoms with Crippen molar-refractivity contribution in [3.63, 3.8) is 0 Å². The van der Waals surface area contributed by atoms with Crippen molar-refractivity contribution < 1.29 is 14.3 Å². The van der Waals surface area contributed by atoms with Crippen molar-refractivity contribution in [2.24, 2.45) is 0 Å². The third-order valence-corrected chi connectivity index (χ3v) is 5.15. The number of carbonyl (C=O) groups excluding carboxylic acids is 1. The molecule has 1 spiro atoms. The second kappa shape index (κ2) is 7.17. The van der Waals surface area contributed by atoms with Crippen molar-refractivity contribution in [1.82, 2.24) is 9.88 Å². The number of likely N-dealkylation sites (tertiary alicyclic amines) is 1. The van der Waals surface area contributed by atoms with Gasteiger partial charge in [-0.3, -0.25) is 9.78 Å². The quantitative estimate of drug-likeness (QED) is 0.849. The molecule has 0 radical (unpaired) electrons. The molecule has 1 amide bonds. The highest BCUT2D eigenvalue weighted by molar-refractivity contribution is 5.95. The summed E-state index contributed by atoms with van der Waals surface area (Å²) in [7, 11) is 0. The Bertz CT molecular complexity index is 772. The minimum atomic E-state index is -0.244. The molecule has 1 atom stereocenters. The lowest BCUT2D eigenvalue weighted by Gasteiger charge is -2.53. The van der Waals surface area contributed by atoms with Gasteiger partial charge in [-0.25, -0.2) is 0 Å². The van der Waals surface area contributed by atoms with Gasteiger partial charge in [-0.1, -0.05) is 23.8 Å². The van der Waals surface area contributed by atoms with Gasteiger partial charge in [-0.05, 0) is 37.6 Å². The van der Waals surface area contributed by atoms with Gasteiger partial charge in [0.1, 0.15) is 5.60 Å². The summed E-state index contributed by atoms with van der Waals surface area (Å²) in [5.41, 5.74) is 2.55. The Balaban J connectivity index is 1.32. The number of ether oxygens (including phenoxy) is 2. The van der Waals surface area contributed by atoms with E-state index in [1.165, 1.54) is 0 Å². The van der Waals surface area contributed by atoms with E-state index < -0.39 is 0 Å². The molecule has 0 N–H and O–H groups in total. The van der Waals surface area contributed by atoms with E-state index in [0.717, 1.165) is 29.7 Å². The van der Waals surface area contributed by atoms with Gasteiger partial charge in [-0.2, -0.15) is 0 Å². The maximum absolute atomic E-state index is 12.6. The zero-order valence-corrected chi connectivity index (χ0v) is 15.1. The molecule has 1 aromatic heterocycles. The number of rotatable bonds is 4. The monoisotopic (exact) mass is 352 g/mol. The lowest BCUT2D eigenvalue weighted by atomic mass is 9.84. The SMILES string of the molecule is Cc1cccc(C(=O)N2CC3(C[C@H](OCc4ccccn4)CCO3)C2)c1. The summed E-state index contributed by atoms with van der Waals surface area (Å²) in [4.78, 5) is 18.8. The molecule has 26 heavy (non-hydrogen) atoms. The lowest BCUT2D eigenvalue weighted by molar-refractivity contribution is -0.188. The first-order valence-corrected chi connectivity index (χ1v) is 9.15. The van der Waals surface area contributed by atoms with Crippen molar-refractivity contribution >= 4 is 5.91 Å². The van der Waals surface area contributed by atoms with Crippen LogP contribution in [0.1, 0.15) is 34.5 Å². The fourth-order valence-corrected chi connectivity index (χ4v) is 3.79. The minimum absolute atomic E-state index is 0.0828. The number of pyridine rings is 1. The fraction of sp³-hybridized carbons (Fsp3) is 0.429. The normalized spacial score (nSPS) is 21.4. The van der Waals surface area contributed by atoms with E-state index in [9.17, 15) is 4.79 Å². The Morgan fingerprint density at radius 2 is 2.19 bits per heavy atom. The molecule has 4 rings (SSSR count). The van der Waals surface area contributed by atoms with Crippen molar-refractivity contribution in [1.29, 1.82) is 0 Å². The number of benzene rings is 1. The zero-order chi connectivity index (χ0) is 18.0. The van der Waals surface area contributed by atoms with Crippen LogP contribution < -0.4 is 0 Å². The predicted molar refractivity (Wildman–Crippen MR) is 97.8 cm³/mol. The van der Waals surface area contributed by atoms with Crippen LogP contribution in [-0.4, -0.2) is 47.2 Å². The molecule has 3 heterocycles. The van der Waals surface area contributed by atoms with Gasteiger partial charge < -0.3 is 14.4 Å². The highest BCUT2D eigenvalue weighted by Gasteiger charge is 2.49. The summed E-state index contributed by atoms with van der Waals surface area (Å²) in [6.07, 6.45) is 3.66. The fourth-order valence-electron chi connectivity index (χ4n) is 3.79. The molecule has 0 bridgehead atoms. The van der Waals surface area contributed by atoms with Crippen LogP contribution in [0.3, 0.4) is 0 Å². The van der Waals surface area contributed by atoms with Crippen LogP contribution in [0, 0.1) is 6.92 Å². The first-order chi connectivity index (χ1) is 12.6. The molecule has 0 aliphatic carbocycles. The first-order valence-electron chi connectivity index (χ1n) is 9.15. The molecule has 2 saturated heterocycles. The van der Waals surface area contributed by atoms with Gasteiger partial charge in [0.05, 0.1) is 31.5 Å². The Morgan fingerprint density at radius 3 is 2.96 bits per heavy atom. The van der Waals surface area contributed by atoms with Crippen molar-refractivity contribution in [3.8, 4) is 0 Å². The lowest BCUT2D eigenvalue weighted by Crippen LogP contribution is -2.67. The summed E-state index contributed by atoms with van der Waals surface area (Å²) in [6, 6.07) is 13.6. The van der Waals surface area contributed by atoms with E-state index in [1.807, 2.05) is 54.3 Å². The van der Waals surface area contributed by atoms with E-state index in [2.05, 4.69) is 4.98 Å². The second-order valence-electron chi connectivity index (χ2n) is 7.31. The number of amides is 1. The third-order valence-electron chi connectivity index (χ3n) is 5.15. The van der Waals surface area contributed by atoms with Gasteiger partial charge in [0, 0.05) is 24.8 Å². The topological polar surface area (TPSA) is 51.7 Å². The summed E-state index contributed by atoms with van der Waals surface area (Å²) in [5.74, 6) is 0.0828. The number of carbonyl (C=O) groups is 1. The number of hydrogen-bond acceptors (Lipinski definition) is 4. The first kappa shape index (κ1) is 17.2. The number of aryl methyl sites for hydroxylation is 1. The van der Waals surface area contributed by atoms with Gasteiger partial charge in [0.15, 0.2) is 0 Å². The summed E-state index contributed by atoms with van der Waals surface area (Å²) in [5, 5.41) is 0. The van der Waals surface area contributed by atoms with E-state index in [0.29, 0.717) is 26.3 Å². The minimum Gasteiger partial charge on any atom is -0.372 e. The molecule has 2 aromatic rings. The second-order valence-corrected chi connectivity index (χ2v) is 7.31. The maximum Gasteiger partial charge on any atom is 0.254 e. The largest absolute Gasteiger partial charge is 0.372 e. The Morgan fingerprint density at radius 1 is 1.31 bits per heavy atom. The van der Waals surface area contributed by atoms with E-state index in [4.69, 9.17) is 9.47 Å². The van der Waals surface area contributed by atoms with Gasteiger partial charge >= 0.3 is 0 Å². The highest BCUT2D eigenvalue weighted by Crippen LogP contribution is 2.36. The van der Waals surface area contributed by atoms with E-state index in [1.54, 1.807) is 6.20 Å². The summed E-state index contributed by atoms with van der Waals surface area (Å²) >= 11 is 0. The molecule has 0 saturated carbocycles. The Kier molecular flexibility index (Phi) is 4.74. The molecule has 2 aliphatic heterocycles. The van der Waals surface area contributed by atoms with E-state index in [-0.39, 0.29) is 17.6 Å². The van der Waals surface area contributed by atoms with Gasteiger partial charge in [0.25, 0.3) is 5.91 Å². The van der Waals surface area contributed by atoms with Crippen LogP contribution in [0.25, 0.3) is 0 Å². The van der Waals surface area contributed by atoms with Crippen LogP contribution >= 0.6 is 0 Å². The van der Waals surface area contributed by atoms with Gasteiger partial charge in [-0.15, -0.1) is 0 Å². The molecular formula is C21H24N2O3. The van der Waals surface area contributed by atoms with Crippen molar-refractivity contribution in [2.45, 2.75) is 38.1 Å². The van der Waals surface area contributed by atoms with Crippen molar-refractivity contribution in [3.05, 3.63) is 65.5 Å². The maximum atomic E-state index is 12.6. The molecule has 2 fully saturated rings. The molecule has 136 valence electrons. The average Bonchev–Trinajstić information content (AvgIpc) is 2.65. The Labute approximate surface area is 153 Å².